The molecule has 1 amide bonds. The normalized spacial score (nSPS) is 17.2. The zero-order chi connectivity index (χ0) is 21.3. The molecule has 30 heavy (non-hydrogen) atoms. The zero-order valence-corrected chi connectivity index (χ0v) is 16.6. The number of nitrogens with zero attached hydrogens (tertiary/aromatic N) is 1. The average Bonchev–Trinajstić information content (AvgIpc) is 2.99. The Hall–Kier alpha value is -2.74. The summed E-state index contributed by atoms with van der Waals surface area (Å²) in [6.07, 6.45) is -2.64. The van der Waals surface area contributed by atoms with Crippen molar-refractivity contribution in [3.63, 3.8) is 0 Å². The summed E-state index contributed by atoms with van der Waals surface area (Å²) >= 11 is 0. The monoisotopic (exact) mass is 420 g/mol. The SMILES string of the molecule is Cc1cc(OC2CCNCC2)cc2c1C(=O)N(Cc1ccc(OC(F)(F)F)cc1)C2. The molecule has 0 saturated carbocycles. The molecule has 2 aliphatic rings. The van der Waals surface area contributed by atoms with Gasteiger partial charge in [-0.1, -0.05) is 12.1 Å². The maximum Gasteiger partial charge on any atom is 0.573 e. The molecule has 0 unspecified atom stereocenters. The molecule has 2 aromatic rings. The van der Waals surface area contributed by atoms with Gasteiger partial charge in [0.05, 0.1) is 0 Å². The third-order valence-electron chi connectivity index (χ3n) is 5.37. The first-order valence-corrected chi connectivity index (χ1v) is 9.93. The Balaban J connectivity index is 1.44. The molecular weight excluding hydrogens is 397 g/mol. The minimum absolute atomic E-state index is 0.0773. The predicted octanol–water partition coefficient (Wildman–Crippen LogP) is 4.18. The van der Waals surface area contributed by atoms with Gasteiger partial charge in [0.2, 0.25) is 0 Å². The molecule has 5 nitrogen and oxygen atoms in total. The highest BCUT2D eigenvalue weighted by Gasteiger charge is 2.32. The van der Waals surface area contributed by atoms with Crippen LogP contribution in [0.3, 0.4) is 0 Å². The van der Waals surface area contributed by atoms with Crippen LogP contribution < -0.4 is 14.8 Å². The molecular formula is C22H23F3N2O3. The molecule has 0 aromatic heterocycles. The van der Waals surface area contributed by atoms with Crippen LogP contribution in [0.15, 0.2) is 36.4 Å². The molecule has 1 N–H and O–H groups in total. The van der Waals surface area contributed by atoms with Gasteiger partial charge in [-0.25, -0.2) is 0 Å². The van der Waals surface area contributed by atoms with Crippen molar-refractivity contribution in [1.82, 2.24) is 10.2 Å². The highest BCUT2D eigenvalue weighted by molar-refractivity contribution is 6.00. The number of aryl methyl sites for hydroxylation is 1. The van der Waals surface area contributed by atoms with E-state index in [2.05, 4.69) is 10.1 Å². The van der Waals surface area contributed by atoms with Crippen LogP contribution in [-0.2, 0) is 13.1 Å². The van der Waals surface area contributed by atoms with E-state index in [9.17, 15) is 18.0 Å². The average molecular weight is 420 g/mol. The molecule has 2 heterocycles. The fraction of sp³-hybridized carbons (Fsp3) is 0.409. The summed E-state index contributed by atoms with van der Waals surface area (Å²) in [5.41, 5.74) is 3.21. The van der Waals surface area contributed by atoms with Gasteiger partial charge in [0, 0.05) is 18.7 Å². The summed E-state index contributed by atoms with van der Waals surface area (Å²) in [4.78, 5) is 14.6. The van der Waals surface area contributed by atoms with E-state index in [0.29, 0.717) is 18.7 Å². The summed E-state index contributed by atoms with van der Waals surface area (Å²) in [6.45, 7) is 4.53. The zero-order valence-electron chi connectivity index (χ0n) is 16.6. The smallest absolute Gasteiger partial charge is 0.490 e. The van der Waals surface area contributed by atoms with E-state index in [4.69, 9.17) is 4.74 Å². The molecule has 1 saturated heterocycles. The number of piperidine rings is 1. The van der Waals surface area contributed by atoms with Crippen LogP contribution in [0.25, 0.3) is 0 Å². The van der Waals surface area contributed by atoms with Gasteiger partial charge in [0.1, 0.15) is 17.6 Å². The lowest BCUT2D eigenvalue weighted by Crippen LogP contribution is -2.34. The van der Waals surface area contributed by atoms with Gasteiger partial charge in [-0.2, -0.15) is 0 Å². The van der Waals surface area contributed by atoms with Crippen LogP contribution in [0.4, 0.5) is 13.2 Å². The predicted molar refractivity (Wildman–Crippen MR) is 104 cm³/mol. The first-order chi connectivity index (χ1) is 14.3. The molecule has 2 aromatic carbocycles. The highest BCUT2D eigenvalue weighted by Crippen LogP contribution is 2.32. The van der Waals surface area contributed by atoms with Crippen molar-refractivity contribution in [3.8, 4) is 11.5 Å². The lowest BCUT2D eigenvalue weighted by Gasteiger charge is -2.24. The van der Waals surface area contributed by atoms with Crippen LogP contribution in [-0.4, -0.2) is 36.4 Å². The number of benzene rings is 2. The summed E-state index contributed by atoms with van der Waals surface area (Å²) in [6, 6.07) is 9.43. The highest BCUT2D eigenvalue weighted by atomic mass is 19.4. The first-order valence-electron chi connectivity index (χ1n) is 9.93. The Morgan fingerprint density at radius 2 is 1.80 bits per heavy atom. The van der Waals surface area contributed by atoms with Crippen molar-refractivity contribution < 1.29 is 27.4 Å². The number of rotatable bonds is 5. The Bertz CT molecular complexity index is 922. The molecule has 160 valence electrons. The molecule has 4 rings (SSSR count). The Labute approximate surface area is 172 Å². The fourth-order valence-corrected chi connectivity index (χ4v) is 4.01. The second-order valence-electron chi connectivity index (χ2n) is 7.69. The minimum Gasteiger partial charge on any atom is -0.490 e. The van der Waals surface area contributed by atoms with Gasteiger partial charge in [-0.3, -0.25) is 4.79 Å². The third kappa shape index (κ3) is 4.70. The summed E-state index contributed by atoms with van der Waals surface area (Å²) in [5, 5.41) is 3.31. The van der Waals surface area contributed by atoms with Gasteiger partial charge in [-0.15, -0.1) is 13.2 Å². The summed E-state index contributed by atoms with van der Waals surface area (Å²) in [7, 11) is 0. The number of hydrogen-bond acceptors (Lipinski definition) is 4. The van der Waals surface area contributed by atoms with Gasteiger partial charge in [-0.05, 0) is 73.8 Å². The quantitative estimate of drug-likeness (QED) is 0.789. The molecule has 0 bridgehead atoms. The molecule has 0 aliphatic carbocycles. The number of amides is 1. The molecule has 8 heteroatoms. The van der Waals surface area contributed by atoms with Gasteiger partial charge in [0.25, 0.3) is 5.91 Å². The lowest BCUT2D eigenvalue weighted by atomic mass is 10.0. The molecule has 0 spiro atoms. The van der Waals surface area contributed by atoms with Crippen LogP contribution in [0.5, 0.6) is 11.5 Å². The third-order valence-corrected chi connectivity index (χ3v) is 5.37. The van der Waals surface area contributed by atoms with Crippen molar-refractivity contribution in [1.29, 1.82) is 0 Å². The van der Waals surface area contributed by atoms with Crippen LogP contribution >= 0.6 is 0 Å². The van der Waals surface area contributed by atoms with Crippen molar-refractivity contribution in [3.05, 3.63) is 58.7 Å². The largest absolute Gasteiger partial charge is 0.573 e. The van der Waals surface area contributed by atoms with Crippen LogP contribution in [0, 0.1) is 6.92 Å². The van der Waals surface area contributed by atoms with E-state index < -0.39 is 6.36 Å². The fourth-order valence-electron chi connectivity index (χ4n) is 4.01. The molecule has 0 atom stereocenters. The van der Waals surface area contributed by atoms with Crippen molar-refractivity contribution in [2.45, 2.75) is 45.3 Å². The Morgan fingerprint density at radius 1 is 1.10 bits per heavy atom. The maximum atomic E-state index is 12.9. The van der Waals surface area contributed by atoms with Gasteiger partial charge < -0.3 is 19.7 Å². The number of carbonyl (C=O) groups excluding carboxylic acids is 1. The number of ether oxygens (including phenoxy) is 2. The summed E-state index contributed by atoms with van der Waals surface area (Å²) in [5.74, 6) is 0.422. The van der Waals surface area contributed by atoms with Crippen LogP contribution in [0.1, 0.15) is 39.9 Å². The van der Waals surface area contributed by atoms with E-state index in [0.717, 1.165) is 48.4 Å². The number of carbonyl (C=O) groups is 1. The second-order valence-corrected chi connectivity index (χ2v) is 7.69. The molecule has 1 fully saturated rings. The van der Waals surface area contributed by atoms with Gasteiger partial charge in [0.15, 0.2) is 0 Å². The minimum atomic E-state index is -4.72. The number of fused-ring (bicyclic) bond motifs is 1. The number of nitrogens with one attached hydrogen (secondary N) is 1. The second kappa shape index (κ2) is 8.18. The van der Waals surface area contributed by atoms with E-state index in [-0.39, 0.29) is 17.8 Å². The van der Waals surface area contributed by atoms with E-state index in [1.807, 2.05) is 19.1 Å². The lowest BCUT2D eigenvalue weighted by molar-refractivity contribution is -0.274. The number of halogens is 3. The van der Waals surface area contributed by atoms with E-state index >= 15 is 0 Å². The Kier molecular flexibility index (Phi) is 5.60. The summed E-state index contributed by atoms with van der Waals surface area (Å²) < 4.78 is 46.9. The maximum absolute atomic E-state index is 12.9. The van der Waals surface area contributed by atoms with Crippen LogP contribution in [0.2, 0.25) is 0 Å². The van der Waals surface area contributed by atoms with Crippen molar-refractivity contribution >= 4 is 5.91 Å². The van der Waals surface area contributed by atoms with E-state index in [1.54, 1.807) is 4.90 Å². The standard InChI is InChI=1S/C22H23F3N2O3/c1-14-10-19(29-17-6-8-26-9-7-17)11-16-13-27(21(28)20(14)16)12-15-2-4-18(5-3-15)30-22(23,24)25/h2-5,10-11,17,26H,6-9,12-13H2,1H3. The molecule has 0 radical (unpaired) electrons. The number of hydrogen-bond donors (Lipinski definition) is 1. The topological polar surface area (TPSA) is 50.8 Å². The van der Waals surface area contributed by atoms with Gasteiger partial charge >= 0.3 is 6.36 Å². The van der Waals surface area contributed by atoms with Crippen molar-refractivity contribution in [2.75, 3.05) is 13.1 Å². The Morgan fingerprint density at radius 3 is 2.47 bits per heavy atom. The first kappa shape index (κ1) is 20.5. The van der Waals surface area contributed by atoms with Crippen molar-refractivity contribution in [2.24, 2.45) is 0 Å². The number of alkyl halides is 3. The van der Waals surface area contributed by atoms with E-state index in [1.165, 1.54) is 24.3 Å². The molecule has 2 aliphatic heterocycles.